The summed E-state index contributed by atoms with van der Waals surface area (Å²) in [4.78, 5) is 25.6. The van der Waals surface area contributed by atoms with Gasteiger partial charge in [0, 0.05) is 22.9 Å². The molecule has 0 saturated carbocycles. The molecule has 0 spiro atoms. The van der Waals surface area contributed by atoms with Crippen LogP contribution in [0, 0.1) is 6.92 Å². The third-order valence-electron chi connectivity index (χ3n) is 3.32. The maximum absolute atomic E-state index is 11.6. The number of rotatable bonds is 4. The summed E-state index contributed by atoms with van der Waals surface area (Å²) in [6, 6.07) is 6.76. The van der Waals surface area contributed by atoms with E-state index in [1.807, 2.05) is 6.92 Å². The normalized spacial score (nSPS) is 10.7. The first-order valence-electron chi connectivity index (χ1n) is 6.96. The first-order valence-corrected chi connectivity index (χ1v) is 6.96. The number of azo groups is 1. The van der Waals surface area contributed by atoms with Crippen LogP contribution in [0.25, 0.3) is 11.1 Å². The number of amides is 1. The molecular weight excluding hydrogens is 314 g/mol. The zero-order chi connectivity index (χ0) is 17.7. The summed E-state index contributed by atoms with van der Waals surface area (Å²) >= 11 is 0. The summed E-state index contributed by atoms with van der Waals surface area (Å²) in [6.07, 6.45) is -0.790. The van der Waals surface area contributed by atoms with Gasteiger partial charge in [0.15, 0.2) is 0 Å². The molecule has 0 aliphatic heterocycles. The van der Waals surface area contributed by atoms with E-state index in [4.69, 9.17) is 9.47 Å². The van der Waals surface area contributed by atoms with Crippen molar-refractivity contribution >= 4 is 17.7 Å². The molecule has 0 bridgehead atoms. The number of nitrogens with zero attached hydrogens (tertiary/aromatic N) is 2. The summed E-state index contributed by atoms with van der Waals surface area (Å²) in [5.74, 6) is 0.0710. The van der Waals surface area contributed by atoms with Crippen LogP contribution in [-0.2, 0) is 9.47 Å². The molecule has 8 heteroatoms. The quantitative estimate of drug-likeness (QED) is 0.680. The Bertz CT molecular complexity index is 795. The van der Waals surface area contributed by atoms with Gasteiger partial charge in [-0.15, -0.1) is 5.11 Å². The molecule has 0 saturated heterocycles. The van der Waals surface area contributed by atoms with E-state index in [9.17, 15) is 9.59 Å². The van der Waals surface area contributed by atoms with Crippen LogP contribution in [0.2, 0.25) is 0 Å². The monoisotopic (exact) mass is 331 g/mol. The average Bonchev–Trinajstić information content (AvgIpc) is 3.00. The average molecular weight is 331 g/mol. The van der Waals surface area contributed by atoms with Crippen LogP contribution < -0.4 is 4.74 Å². The highest BCUT2D eigenvalue weighted by Gasteiger charge is 2.16. The van der Waals surface area contributed by atoms with E-state index in [1.54, 1.807) is 24.3 Å². The lowest BCUT2D eigenvalue weighted by atomic mass is 10.0. The van der Waals surface area contributed by atoms with Gasteiger partial charge in [-0.1, -0.05) is 5.11 Å². The highest BCUT2D eigenvalue weighted by Crippen LogP contribution is 2.35. The highest BCUT2D eigenvalue weighted by atomic mass is 16.5. The first-order chi connectivity index (χ1) is 11.5. The number of ether oxygens (including phenoxy) is 3. The van der Waals surface area contributed by atoms with Gasteiger partial charge >= 0.3 is 12.1 Å². The van der Waals surface area contributed by atoms with Crippen molar-refractivity contribution in [3.05, 3.63) is 35.7 Å². The molecule has 0 fully saturated rings. The van der Waals surface area contributed by atoms with Gasteiger partial charge in [0.05, 0.1) is 27.0 Å². The number of benzene rings is 1. The minimum atomic E-state index is -0.790. The molecule has 1 aromatic heterocycles. The number of aromatic amines is 1. The van der Waals surface area contributed by atoms with Crippen LogP contribution in [-0.4, -0.2) is 38.4 Å². The van der Waals surface area contributed by atoms with Crippen molar-refractivity contribution in [2.24, 2.45) is 10.2 Å². The number of aromatic nitrogens is 1. The Morgan fingerprint density at radius 3 is 2.42 bits per heavy atom. The topological polar surface area (TPSA) is 102 Å². The van der Waals surface area contributed by atoms with Gasteiger partial charge in [-0.2, -0.15) is 0 Å². The molecule has 0 aliphatic rings. The molecule has 0 aliphatic carbocycles. The molecule has 2 rings (SSSR count). The van der Waals surface area contributed by atoms with E-state index in [0.717, 1.165) is 16.8 Å². The van der Waals surface area contributed by atoms with Crippen LogP contribution >= 0.6 is 0 Å². The van der Waals surface area contributed by atoms with Crippen molar-refractivity contribution in [1.82, 2.24) is 4.98 Å². The molecule has 0 unspecified atom stereocenters. The van der Waals surface area contributed by atoms with Crippen molar-refractivity contribution in [3.8, 4) is 16.9 Å². The highest BCUT2D eigenvalue weighted by molar-refractivity contribution is 5.90. The lowest BCUT2D eigenvalue weighted by Crippen LogP contribution is -2.00. The molecule has 1 N–H and O–H groups in total. The Balaban J connectivity index is 2.41. The minimum Gasteiger partial charge on any atom is -0.496 e. The van der Waals surface area contributed by atoms with Gasteiger partial charge in [-0.05, 0) is 25.1 Å². The molecule has 0 radical (unpaired) electrons. The van der Waals surface area contributed by atoms with Crippen molar-refractivity contribution in [3.63, 3.8) is 0 Å². The predicted octanol–water partition coefficient (Wildman–Crippen LogP) is 3.64. The number of methoxy groups -OCH3 is 3. The van der Waals surface area contributed by atoms with Gasteiger partial charge in [0.1, 0.15) is 11.4 Å². The second-order valence-electron chi connectivity index (χ2n) is 4.77. The summed E-state index contributed by atoms with van der Waals surface area (Å²) in [7, 11) is 4.06. The second kappa shape index (κ2) is 7.40. The van der Waals surface area contributed by atoms with E-state index < -0.39 is 12.1 Å². The summed E-state index contributed by atoms with van der Waals surface area (Å²) in [5.41, 5.74) is 3.13. The first kappa shape index (κ1) is 17.2. The Hall–Kier alpha value is -3.16. The van der Waals surface area contributed by atoms with Gasteiger partial charge in [-0.3, -0.25) is 0 Å². The smallest absolute Gasteiger partial charge is 0.452 e. The van der Waals surface area contributed by atoms with Gasteiger partial charge in [0.25, 0.3) is 0 Å². The molecule has 8 nitrogen and oxygen atoms in total. The van der Waals surface area contributed by atoms with Crippen molar-refractivity contribution < 1.29 is 23.8 Å². The molecule has 1 aromatic carbocycles. The van der Waals surface area contributed by atoms with Gasteiger partial charge in [0.2, 0.25) is 0 Å². The molecule has 0 atom stereocenters. The fourth-order valence-corrected chi connectivity index (χ4v) is 2.16. The largest absolute Gasteiger partial charge is 0.496 e. The summed E-state index contributed by atoms with van der Waals surface area (Å²) in [6.45, 7) is 1.84. The van der Waals surface area contributed by atoms with E-state index >= 15 is 0 Å². The van der Waals surface area contributed by atoms with E-state index in [1.165, 1.54) is 21.3 Å². The number of carbonyl (C=O) groups is 2. The lowest BCUT2D eigenvalue weighted by molar-refractivity contribution is 0.0594. The maximum atomic E-state index is 11.6. The van der Waals surface area contributed by atoms with Crippen LogP contribution in [0.1, 0.15) is 16.2 Å². The lowest BCUT2D eigenvalue weighted by Gasteiger charge is -2.08. The predicted molar refractivity (Wildman–Crippen MR) is 85.8 cm³/mol. The van der Waals surface area contributed by atoms with Gasteiger partial charge in [-0.25, -0.2) is 9.59 Å². The van der Waals surface area contributed by atoms with Crippen molar-refractivity contribution in [2.75, 3.05) is 21.3 Å². The standard InChI is InChI=1S/C16H17N3O5/c1-9-12(8-13(17-9)15(20)23-3)11-6-5-10(7-14(11)22-2)18-19-16(21)24-4/h5-8,17H,1-4H3. The van der Waals surface area contributed by atoms with E-state index in [0.29, 0.717) is 17.1 Å². The number of hydrogen-bond acceptors (Lipinski definition) is 6. The number of H-pyrrole nitrogens is 1. The molecule has 1 amide bonds. The van der Waals surface area contributed by atoms with E-state index in [-0.39, 0.29) is 0 Å². The fourth-order valence-electron chi connectivity index (χ4n) is 2.16. The maximum Gasteiger partial charge on any atom is 0.452 e. The van der Waals surface area contributed by atoms with Crippen LogP contribution in [0.15, 0.2) is 34.5 Å². The third-order valence-corrected chi connectivity index (χ3v) is 3.32. The Morgan fingerprint density at radius 1 is 1.04 bits per heavy atom. The number of nitrogens with one attached hydrogen (secondary N) is 1. The third kappa shape index (κ3) is 3.60. The summed E-state index contributed by atoms with van der Waals surface area (Å²) in [5, 5.41) is 7.17. The molecular formula is C16H17N3O5. The molecule has 24 heavy (non-hydrogen) atoms. The zero-order valence-electron chi connectivity index (χ0n) is 13.7. The van der Waals surface area contributed by atoms with Crippen LogP contribution in [0.5, 0.6) is 5.75 Å². The van der Waals surface area contributed by atoms with E-state index in [2.05, 4.69) is 19.9 Å². The Labute approximate surface area is 138 Å². The Kier molecular flexibility index (Phi) is 5.31. The number of aryl methyl sites for hydroxylation is 1. The number of hydrogen-bond donors (Lipinski definition) is 1. The number of esters is 1. The summed E-state index contributed by atoms with van der Waals surface area (Å²) < 4.78 is 14.5. The van der Waals surface area contributed by atoms with Crippen LogP contribution in [0.4, 0.5) is 10.5 Å². The minimum absolute atomic E-state index is 0.349. The van der Waals surface area contributed by atoms with Crippen LogP contribution in [0.3, 0.4) is 0 Å². The molecule has 1 heterocycles. The SMILES string of the molecule is COC(=O)N=Nc1ccc(-c2cc(C(=O)OC)[nH]c2C)c(OC)c1. The van der Waals surface area contributed by atoms with Crippen molar-refractivity contribution in [1.29, 1.82) is 0 Å². The van der Waals surface area contributed by atoms with Crippen molar-refractivity contribution in [2.45, 2.75) is 6.92 Å². The fraction of sp³-hybridized carbons (Fsp3) is 0.250. The van der Waals surface area contributed by atoms with Gasteiger partial charge < -0.3 is 19.2 Å². The number of carbonyl (C=O) groups excluding carboxylic acids is 2. The second-order valence-corrected chi connectivity index (χ2v) is 4.77. The molecule has 2 aromatic rings. The zero-order valence-corrected chi connectivity index (χ0v) is 13.7. The Morgan fingerprint density at radius 2 is 1.79 bits per heavy atom. The molecule has 126 valence electrons.